The Labute approximate surface area is 122 Å². The standard InChI is InChI=1S/C12H20N6O3/c1-3-17(7-9-5-4-6-21-9)11-10(18(19)20)8(2)14-12(15-11)16-13/h9H,3-7,13H2,1-2H3,(H,14,15,16). The van der Waals surface area contributed by atoms with E-state index < -0.39 is 4.92 Å². The van der Waals surface area contributed by atoms with Gasteiger partial charge in [0.2, 0.25) is 11.8 Å². The van der Waals surface area contributed by atoms with Gasteiger partial charge >= 0.3 is 5.69 Å². The van der Waals surface area contributed by atoms with E-state index in [1.54, 1.807) is 6.92 Å². The van der Waals surface area contributed by atoms with Gasteiger partial charge in [-0.15, -0.1) is 0 Å². The average molecular weight is 296 g/mol. The molecule has 0 radical (unpaired) electrons. The molecule has 0 bridgehead atoms. The summed E-state index contributed by atoms with van der Waals surface area (Å²) in [6.07, 6.45) is 2.05. The lowest BCUT2D eigenvalue weighted by Gasteiger charge is -2.25. The van der Waals surface area contributed by atoms with Gasteiger partial charge in [-0.05, 0) is 26.7 Å². The van der Waals surface area contributed by atoms with Crippen molar-refractivity contribution in [3.63, 3.8) is 0 Å². The highest BCUT2D eigenvalue weighted by Gasteiger charge is 2.28. The molecule has 1 aromatic heterocycles. The molecule has 0 aromatic carbocycles. The number of hydrogen-bond acceptors (Lipinski definition) is 8. The lowest BCUT2D eigenvalue weighted by Crippen LogP contribution is -2.33. The molecule has 0 amide bonds. The summed E-state index contributed by atoms with van der Waals surface area (Å²) in [6, 6.07) is 0. The summed E-state index contributed by atoms with van der Waals surface area (Å²) in [5.74, 6) is 5.77. The molecule has 3 N–H and O–H groups in total. The summed E-state index contributed by atoms with van der Waals surface area (Å²) >= 11 is 0. The molecule has 116 valence electrons. The predicted molar refractivity (Wildman–Crippen MR) is 78.1 cm³/mol. The van der Waals surface area contributed by atoms with E-state index >= 15 is 0 Å². The molecule has 1 fully saturated rings. The van der Waals surface area contributed by atoms with Crippen LogP contribution in [-0.2, 0) is 4.74 Å². The molecule has 0 saturated carbocycles. The van der Waals surface area contributed by atoms with Gasteiger partial charge in [-0.3, -0.25) is 15.5 Å². The van der Waals surface area contributed by atoms with Crippen LogP contribution in [0.2, 0.25) is 0 Å². The second-order valence-corrected chi connectivity index (χ2v) is 4.88. The molecule has 9 nitrogen and oxygen atoms in total. The van der Waals surface area contributed by atoms with Crippen LogP contribution in [0.25, 0.3) is 0 Å². The number of aryl methyl sites for hydroxylation is 1. The SMILES string of the molecule is CCN(CC1CCCO1)c1nc(NN)nc(C)c1[N+](=O)[O-]. The van der Waals surface area contributed by atoms with E-state index in [2.05, 4.69) is 15.4 Å². The summed E-state index contributed by atoms with van der Waals surface area (Å²) in [6.45, 7) is 5.39. The van der Waals surface area contributed by atoms with Crippen LogP contribution in [-0.4, -0.2) is 40.7 Å². The maximum absolute atomic E-state index is 11.3. The van der Waals surface area contributed by atoms with Crippen molar-refractivity contribution in [2.75, 3.05) is 30.0 Å². The summed E-state index contributed by atoms with van der Waals surface area (Å²) in [7, 11) is 0. The summed E-state index contributed by atoms with van der Waals surface area (Å²) in [4.78, 5) is 20.8. The van der Waals surface area contributed by atoms with Crippen molar-refractivity contribution in [1.29, 1.82) is 0 Å². The first-order valence-electron chi connectivity index (χ1n) is 6.93. The Morgan fingerprint density at radius 2 is 2.33 bits per heavy atom. The monoisotopic (exact) mass is 296 g/mol. The van der Waals surface area contributed by atoms with Crippen molar-refractivity contribution in [2.45, 2.75) is 32.8 Å². The number of nitrogens with zero attached hydrogens (tertiary/aromatic N) is 4. The van der Waals surface area contributed by atoms with Crippen LogP contribution in [0.3, 0.4) is 0 Å². The smallest absolute Gasteiger partial charge is 0.332 e. The first-order valence-corrected chi connectivity index (χ1v) is 6.93. The predicted octanol–water partition coefficient (Wildman–Crippen LogP) is 0.984. The number of hydrogen-bond donors (Lipinski definition) is 2. The van der Waals surface area contributed by atoms with Gasteiger partial charge in [-0.1, -0.05) is 0 Å². The van der Waals surface area contributed by atoms with E-state index in [1.807, 2.05) is 11.8 Å². The Morgan fingerprint density at radius 1 is 1.57 bits per heavy atom. The summed E-state index contributed by atoms with van der Waals surface area (Å²) in [5.41, 5.74) is 2.54. The molecule has 1 saturated heterocycles. The fourth-order valence-electron chi connectivity index (χ4n) is 2.45. The third kappa shape index (κ3) is 3.37. The second-order valence-electron chi connectivity index (χ2n) is 4.88. The summed E-state index contributed by atoms with van der Waals surface area (Å²) in [5, 5.41) is 11.3. The van der Waals surface area contributed by atoms with Gasteiger partial charge in [0.25, 0.3) is 0 Å². The zero-order chi connectivity index (χ0) is 15.4. The Bertz CT molecular complexity index is 518. The van der Waals surface area contributed by atoms with Gasteiger partial charge in [0.15, 0.2) is 0 Å². The van der Waals surface area contributed by atoms with Crippen molar-refractivity contribution in [2.24, 2.45) is 5.84 Å². The molecule has 0 spiro atoms. The first-order chi connectivity index (χ1) is 10.1. The minimum atomic E-state index is -0.455. The number of nitrogen functional groups attached to an aromatic ring is 1. The molecule has 1 atom stereocenters. The highest BCUT2D eigenvalue weighted by Crippen LogP contribution is 2.30. The third-order valence-electron chi connectivity index (χ3n) is 3.48. The van der Waals surface area contributed by atoms with Crippen molar-refractivity contribution >= 4 is 17.5 Å². The highest BCUT2D eigenvalue weighted by atomic mass is 16.6. The lowest BCUT2D eigenvalue weighted by atomic mass is 10.2. The number of nitrogens with two attached hydrogens (primary N) is 1. The Morgan fingerprint density at radius 3 is 2.86 bits per heavy atom. The first kappa shape index (κ1) is 15.4. The number of anilines is 2. The van der Waals surface area contributed by atoms with E-state index in [0.29, 0.717) is 13.1 Å². The van der Waals surface area contributed by atoms with E-state index in [0.717, 1.165) is 19.4 Å². The molecule has 2 rings (SSSR count). The number of hydrazine groups is 1. The molecular weight excluding hydrogens is 276 g/mol. The molecule has 1 aliphatic heterocycles. The van der Waals surface area contributed by atoms with Crippen molar-refractivity contribution in [1.82, 2.24) is 9.97 Å². The topological polar surface area (TPSA) is 119 Å². The number of rotatable bonds is 6. The second kappa shape index (κ2) is 6.64. The molecule has 0 aliphatic carbocycles. The molecule has 1 aromatic rings. The van der Waals surface area contributed by atoms with Gasteiger partial charge in [0, 0.05) is 19.7 Å². The number of nitro groups is 1. The number of ether oxygens (including phenoxy) is 1. The minimum Gasteiger partial charge on any atom is -0.376 e. The maximum Gasteiger partial charge on any atom is 0.332 e. The molecular formula is C12H20N6O3. The van der Waals surface area contributed by atoms with E-state index in [4.69, 9.17) is 10.6 Å². The van der Waals surface area contributed by atoms with Crippen LogP contribution in [0.4, 0.5) is 17.5 Å². The van der Waals surface area contributed by atoms with Crippen LogP contribution in [0, 0.1) is 17.0 Å². The maximum atomic E-state index is 11.3. The van der Waals surface area contributed by atoms with Crippen LogP contribution in [0.1, 0.15) is 25.5 Å². The number of aromatic nitrogens is 2. The highest BCUT2D eigenvalue weighted by molar-refractivity contribution is 5.62. The van der Waals surface area contributed by atoms with Gasteiger partial charge in [0.05, 0.1) is 11.0 Å². The zero-order valence-corrected chi connectivity index (χ0v) is 12.2. The van der Waals surface area contributed by atoms with Crippen molar-refractivity contribution in [3.8, 4) is 0 Å². The van der Waals surface area contributed by atoms with Gasteiger partial charge in [-0.25, -0.2) is 10.8 Å². The largest absolute Gasteiger partial charge is 0.376 e. The van der Waals surface area contributed by atoms with E-state index in [1.165, 1.54) is 0 Å². The number of nitrogens with one attached hydrogen (secondary N) is 1. The fraction of sp³-hybridized carbons (Fsp3) is 0.667. The van der Waals surface area contributed by atoms with Gasteiger partial charge in [0.1, 0.15) is 5.69 Å². The van der Waals surface area contributed by atoms with Gasteiger partial charge < -0.3 is 9.64 Å². The third-order valence-corrected chi connectivity index (χ3v) is 3.48. The minimum absolute atomic E-state index is 0.0779. The van der Waals surface area contributed by atoms with Crippen LogP contribution < -0.4 is 16.2 Å². The Hall–Kier alpha value is -2.00. The quantitative estimate of drug-likeness (QED) is 0.453. The average Bonchev–Trinajstić information content (AvgIpc) is 2.96. The normalized spacial score (nSPS) is 17.8. The molecule has 2 heterocycles. The van der Waals surface area contributed by atoms with Crippen molar-refractivity contribution < 1.29 is 9.66 Å². The Kier molecular flexibility index (Phi) is 4.86. The fourth-order valence-corrected chi connectivity index (χ4v) is 2.45. The van der Waals surface area contributed by atoms with Crippen molar-refractivity contribution in [3.05, 3.63) is 15.8 Å². The summed E-state index contributed by atoms with van der Waals surface area (Å²) < 4.78 is 5.60. The van der Waals surface area contributed by atoms with Gasteiger partial charge in [-0.2, -0.15) is 4.98 Å². The zero-order valence-electron chi connectivity index (χ0n) is 12.2. The lowest BCUT2D eigenvalue weighted by molar-refractivity contribution is -0.385. The molecule has 1 aliphatic rings. The van der Waals surface area contributed by atoms with Crippen LogP contribution in [0.15, 0.2) is 0 Å². The Balaban J connectivity index is 2.37. The molecule has 1 unspecified atom stereocenters. The number of likely N-dealkylation sites (N-methyl/N-ethyl adjacent to an activating group) is 1. The van der Waals surface area contributed by atoms with E-state index in [9.17, 15) is 10.1 Å². The molecule has 9 heteroatoms. The van der Waals surface area contributed by atoms with Crippen LogP contribution in [0.5, 0.6) is 0 Å². The van der Waals surface area contributed by atoms with E-state index in [-0.39, 0.29) is 29.3 Å². The molecule has 21 heavy (non-hydrogen) atoms. The van der Waals surface area contributed by atoms with Crippen LogP contribution >= 0.6 is 0 Å².